The molecule has 3 rings (SSSR count). The van der Waals surface area contributed by atoms with E-state index in [2.05, 4.69) is 29.2 Å². The molecular weight excluding hydrogens is 300 g/mol. The highest BCUT2D eigenvalue weighted by Crippen LogP contribution is 2.17. The molecule has 1 atom stereocenters. The van der Waals surface area contributed by atoms with Gasteiger partial charge >= 0.3 is 0 Å². The summed E-state index contributed by atoms with van der Waals surface area (Å²) in [7, 11) is 0. The van der Waals surface area contributed by atoms with Crippen LogP contribution in [0.15, 0.2) is 54.7 Å². The average Bonchev–Trinajstić information content (AvgIpc) is 3.17. The van der Waals surface area contributed by atoms with E-state index in [1.54, 1.807) is 6.20 Å². The predicted molar refractivity (Wildman–Crippen MR) is 93.4 cm³/mol. The van der Waals surface area contributed by atoms with Gasteiger partial charge in [0.1, 0.15) is 6.10 Å². The van der Waals surface area contributed by atoms with Gasteiger partial charge in [0.25, 0.3) is 5.91 Å². The lowest BCUT2D eigenvalue weighted by Crippen LogP contribution is -2.39. The molecular formula is C20H24N2O2. The number of nitrogens with zero attached hydrogens (tertiary/aromatic N) is 2. The maximum atomic E-state index is 12.8. The molecule has 1 aliphatic heterocycles. The number of rotatable bonds is 7. The largest absolute Gasteiger partial charge is 0.368 e. The van der Waals surface area contributed by atoms with E-state index in [-0.39, 0.29) is 12.0 Å². The van der Waals surface area contributed by atoms with Crippen molar-refractivity contribution >= 4 is 5.91 Å². The maximum absolute atomic E-state index is 12.8. The number of carbonyl (C=O) groups is 1. The summed E-state index contributed by atoms with van der Waals surface area (Å²) in [5.74, 6) is 0.103. The number of amides is 1. The monoisotopic (exact) mass is 324 g/mol. The van der Waals surface area contributed by atoms with E-state index in [4.69, 9.17) is 4.74 Å². The first-order valence-corrected chi connectivity index (χ1v) is 8.67. The molecule has 1 amide bonds. The molecule has 1 aliphatic rings. The van der Waals surface area contributed by atoms with Crippen molar-refractivity contribution in [2.75, 3.05) is 13.2 Å². The summed E-state index contributed by atoms with van der Waals surface area (Å²) in [6.07, 6.45) is 5.21. The summed E-state index contributed by atoms with van der Waals surface area (Å²) in [4.78, 5) is 19.0. The highest BCUT2D eigenvalue weighted by Gasteiger charge is 2.28. The predicted octanol–water partition coefficient (Wildman–Crippen LogP) is 3.22. The zero-order valence-electron chi connectivity index (χ0n) is 13.9. The third-order valence-electron chi connectivity index (χ3n) is 4.33. The second-order valence-electron chi connectivity index (χ2n) is 6.17. The summed E-state index contributed by atoms with van der Waals surface area (Å²) < 4.78 is 5.59. The van der Waals surface area contributed by atoms with Crippen molar-refractivity contribution in [2.45, 2.75) is 38.3 Å². The van der Waals surface area contributed by atoms with E-state index < -0.39 is 0 Å². The van der Waals surface area contributed by atoms with Gasteiger partial charge in [-0.25, -0.2) is 0 Å². The molecule has 2 heterocycles. The fourth-order valence-corrected chi connectivity index (χ4v) is 3.05. The Labute approximate surface area is 143 Å². The van der Waals surface area contributed by atoms with Crippen molar-refractivity contribution in [1.82, 2.24) is 9.88 Å². The summed E-state index contributed by atoms with van der Waals surface area (Å²) in [5, 5.41) is 0. The lowest BCUT2D eigenvalue weighted by molar-refractivity contribution is -0.141. The number of aryl methyl sites for hydroxylation is 1. The van der Waals surface area contributed by atoms with Crippen LogP contribution in [0.25, 0.3) is 0 Å². The first kappa shape index (κ1) is 16.7. The van der Waals surface area contributed by atoms with Crippen molar-refractivity contribution in [3.63, 3.8) is 0 Å². The first-order valence-electron chi connectivity index (χ1n) is 8.67. The topological polar surface area (TPSA) is 42.4 Å². The van der Waals surface area contributed by atoms with Gasteiger partial charge in [-0.05, 0) is 43.4 Å². The fraction of sp³-hybridized carbons (Fsp3) is 0.400. The van der Waals surface area contributed by atoms with Gasteiger partial charge in [-0.3, -0.25) is 9.78 Å². The van der Waals surface area contributed by atoms with E-state index >= 15 is 0 Å². The van der Waals surface area contributed by atoms with Crippen molar-refractivity contribution < 1.29 is 9.53 Å². The molecule has 24 heavy (non-hydrogen) atoms. The van der Waals surface area contributed by atoms with E-state index in [0.29, 0.717) is 13.2 Å². The Kier molecular flexibility index (Phi) is 5.96. The van der Waals surface area contributed by atoms with Gasteiger partial charge in [-0.15, -0.1) is 0 Å². The van der Waals surface area contributed by atoms with Gasteiger partial charge in [0, 0.05) is 19.3 Å². The zero-order valence-corrected chi connectivity index (χ0v) is 13.9. The van der Waals surface area contributed by atoms with Crippen molar-refractivity contribution in [3.8, 4) is 0 Å². The Morgan fingerprint density at radius 1 is 1.17 bits per heavy atom. The van der Waals surface area contributed by atoms with Gasteiger partial charge in [-0.2, -0.15) is 0 Å². The molecule has 1 aromatic heterocycles. The average molecular weight is 324 g/mol. The lowest BCUT2D eigenvalue weighted by atomic mass is 10.1. The van der Waals surface area contributed by atoms with Crippen LogP contribution in [0.1, 0.15) is 30.5 Å². The van der Waals surface area contributed by atoms with Gasteiger partial charge < -0.3 is 9.64 Å². The molecule has 0 spiro atoms. The summed E-state index contributed by atoms with van der Waals surface area (Å²) in [6, 6.07) is 16.2. The number of benzene rings is 1. The van der Waals surface area contributed by atoms with Crippen LogP contribution in [0.5, 0.6) is 0 Å². The number of ether oxygens (including phenoxy) is 1. The number of carbonyl (C=O) groups excluding carboxylic acids is 1. The Morgan fingerprint density at radius 2 is 2.00 bits per heavy atom. The smallest absolute Gasteiger partial charge is 0.252 e. The third kappa shape index (κ3) is 4.65. The van der Waals surface area contributed by atoms with E-state index in [1.165, 1.54) is 5.56 Å². The quantitative estimate of drug-likeness (QED) is 0.785. The molecule has 4 nitrogen and oxygen atoms in total. The van der Waals surface area contributed by atoms with Crippen molar-refractivity contribution in [1.29, 1.82) is 0 Å². The minimum Gasteiger partial charge on any atom is -0.368 e. The maximum Gasteiger partial charge on any atom is 0.252 e. The van der Waals surface area contributed by atoms with Gasteiger partial charge in [0.05, 0.1) is 12.2 Å². The number of aromatic nitrogens is 1. The van der Waals surface area contributed by atoms with Crippen LogP contribution in [0.3, 0.4) is 0 Å². The van der Waals surface area contributed by atoms with Crippen LogP contribution in [0.4, 0.5) is 0 Å². The van der Waals surface area contributed by atoms with Crippen LogP contribution in [-0.2, 0) is 22.5 Å². The molecule has 1 fully saturated rings. The van der Waals surface area contributed by atoms with E-state index in [0.717, 1.165) is 37.9 Å². The standard InChI is InChI=1S/C20H24N2O2/c23-20(19-12-7-15-24-19)22(16-18-11-4-5-13-21-18)14-6-10-17-8-2-1-3-9-17/h1-5,8-9,11,13,19H,6-7,10,12,14-16H2/t19-/m1/s1. The van der Waals surface area contributed by atoms with Crippen LogP contribution < -0.4 is 0 Å². The number of pyridine rings is 1. The van der Waals surface area contributed by atoms with Gasteiger partial charge in [-0.1, -0.05) is 36.4 Å². The summed E-state index contributed by atoms with van der Waals surface area (Å²) in [5.41, 5.74) is 2.23. The van der Waals surface area contributed by atoms with Crippen molar-refractivity contribution in [2.24, 2.45) is 0 Å². The van der Waals surface area contributed by atoms with Gasteiger partial charge in [0.2, 0.25) is 0 Å². The summed E-state index contributed by atoms with van der Waals surface area (Å²) >= 11 is 0. The lowest BCUT2D eigenvalue weighted by Gasteiger charge is -2.25. The first-order chi connectivity index (χ1) is 11.8. The Morgan fingerprint density at radius 3 is 2.71 bits per heavy atom. The van der Waals surface area contributed by atoms with Crippen molar-refractivity contribution in [3.05, 3.63) is 66.0 Å². The van der Waals surface area contributed by atoms with Crippen LogP contribution in [0, 0.1) is 0 Å². The minimum atomic E-state index is -0.273. The highest BCUT2D eigenvalue weighted by atomic mass is 16.5. The number of hydrogen-bond donors (Lipinski definition) is 0. The molecule has 126 valence electrons. The van der Waals surface area contributed by atoms with E-state index in [1.807, 2.05) is 29.2 Å². The zero-order chi connectivity index (χ0) is 16.6. The van der Waals surface area contributed by atoms with Crippen LogP contribution in [-0.4, -0.2) is 35.0 Å². The summed E-state index contributed by atoms with van der Waals surface area (Å²) in [6.45, 7) is 1.97. The number of hydrogen-bond acceptors (Lipinski definition) is 3. The molecule has 4 heteroatoms. The molecule has 0 bridgehead atoms. The Balaban J connectivity index is 1.61. The van der Waals surface area contributed by atoms with Crippen LogP contribution >= 0.6 is 0 Å². The van der Waals surface area contributed by atoms with E-state index in [9.17, 15) is 4.79 Å². The van der Waals surface area contributed by atoms with Crippen LogP contribution in [0.2, 0.25) is 0 Å². The fourth-order valence-electron chi connectivity index (χ4n) is 3.05. The molecule has 0 aliphatic carbocycles. The second kappa shape index (κ2) is 8.60. The molecule has 0 unspecified atom stereocenters. The third-order valence-corrected chi connectivity index (χ3v) is 4.33. The normalized spacial score (nSPS) is 16.9. The molecule has 0 radical (unpaired) electrons. The molecule has 1 saturated heterocycles. The SMILES string of the molecule is O=C([C@H]1CCCO1)N(CCCc1ccccc1)Cc1ccccn1. The second-order valence-corrected chi connectivity index (χ2v) is 6.17. The highest BCUT2D eigenvalue weighted by molar-refractivity contribution is 5.81. The Bertz CT molecular complexity index is 625. The minimum absolute atomic E-state index is 0.103. The Hall–Kier alpha value is -2.20. The molecule has 2 aromatic rings. The molecule has 0 saturated carbocycles. The van der Waals surface area contributed by atoms with Gasteiger partial charge in [0.15, 0.2) is 0 Å². The molecule has 1 aromatic carbocycles. The molecule has 0 N–H and O–H groups in total.